The van der Waals surface area contributed by atoms with Gasteiger partial charge < -0.3 is 36.6 Å². The predicted octanol–water partition coefficient (Wildman–Crippen LogP) is 4.39. The van der Waals surface area contributed by atoms with Gasteiger partial charge in [0, 0.05) is 73.3 Å². The van der Waals surface area contributed by atoms with Crippen molar-refractivity contribution in [2.45, 2.75) is 56.3 Å². The van der Waals surface area contributed by atoms with Gasteiger partial charge in [0.05, 0.1) is 17.0 Å². The number of carbonyl (C=O) groups excluding carboxylic acids is 1. The van der Waals surface area contributed by atoms with Crippen LogP contribution in [0.15, 0.2) is 54.0 Å². The normalized spacial score (nSPS) is 28.0. The van der Waals surface area contributed by atoms with Crippen LogP contribution in [0.3, 0.4) is 0 Å². The van der Waals surface area contributed by atoms with Crippen molar-refractivity contribution in [2.24, 2.45) is 23.3 Å². The number of nitrogens with zero attached hydrogens (tertiary/aromatic N) is 2. The lowest BCUT2D eigenvalue weighted by Crippen LogP contribution is -2.65. The number of alkyl halides is 3. The summed E-state index contributed by atoms with van der Waals surface area (Å²) in [6.45, 7) is 13.9. The molecule has 232 valence electrons. The zero-order chi connectivity index (χ0) is 32.0. The van der Waals surface area contributed by atoms with Crippen molar-refractivity contribution in [3.8, 4) is 0 Å². The van der Waals surface area contributed by atoms with E-state index in [1.807, 2.05) is 30.0 Å². The minimum Gasteiger partial charge on any atom is -0.512 e. The summed E-state index contributed by atoms with van der Waals surface area (Å²) in [5.74, 6) is -3.49. The summed E-state index contributed by atoms with van der Waals surface area (Å²) >= 11 is 0. The predicted molar refractivity (Wildman–Crippen MR) is 160 cm³/mol. The van der Waals surface area contributed by atoms with Crippen molar-refractivity contribution in [1.29, 1.82) is 0 Å². The van der Waals surface area contributed by atoms with Gasteiger partial charge in [-0.15, -0.1) is 0 Å². The van der Waals surface area contributed by atoms with Crippen molar-refractivity contribution < 1.29 is 33.3 Å². The Morgan fingerprint density at radius 1 is 1.19 bits per heavy atom. The number of halogens is 3. The van der Waals surface area contributed by atoms with Crippen molar-refractivity contribution in [3.63, 3.8) is 0 Å². The van der Waals surface area contributed by atoms with Gasteiger partial charge in [0.15, 0.2) is 5.60 Å². The van der Waals surface area contributed by atoms with E-state index in [0.717, 1.165) is 0 Å². The first-order valence-corrected chi connectivity index (χ1v) is 14.3. The Bertz CT molecular complexity index is 1530. The number of Topliss-reactive ketones (excluding diaryl/α,β-unsaturated/α-hetero) is 1. The number of carbonyl (C=O) groups is 1. The highest BCUT2D eigenvalue weighted by Crippen LogP contribution is 2.55. The maximum absolute atomic E-state index is 14.2. The second-order valence-electron chi connectivity index (χ2n) is 12.6. The van der Waals surface area contributed by atoms with Crippen LogP contribution in [0.2, 0.25) is 0 Å². The number of anilines is 1. The van der Waals surface area contributed by atoms with Crippen molar-refractivity contribution in [3.05, 3.63) is 76.2 Å². The smallest absolute Gasteiger partial charge is 0.391 e. The summed E-state index contributed by atoms with van der Waals surface area (Å²) in [6, 6.07) is 1.89. The monoisotopic (exact) mass is 600 g/mol. The highest BCUT2D eigenvalue weighted by atomic mass is 19.4. The number of piperidine rings is 1. The van der Waals surface area contributed by atoms with Gasteiger partial charge in [0.25, 0.3) is 0 Å². The SMILES string of the molecule is C=C(N)C1=C(O)C[C@@H]2C[C@]3(N)Cc4c(N(C)C)cc(C(=C)N5CCC(C(F)(F)F)CC5)c(C)c4C(O)=C3C(=O)[C@]2(O)C1=C. The maximum Gasteiger partial charge on any atom is 0.391 e. The Balaban J connectivity index is 1.63. The minimum absolute atomic E-state index is 0.0203. The molecule has 1 aliphatic heterocycles. The number of nitrogens with two attached hydrogens (primary N) is 2. The van der Waals surface area contributed by atoms with Crippen LogP contribution < -0.4 is 16.4 Å². The van der Waals surface area contributed by atoms with Crippen molar-refractivity contribution >= 4 is 22.9 Å². The molecule has 43 heavy (non-hydrogen) atoms. The molecule has 1 heterocycles. The molecule has 0 radical (unpaired) electrons. The number of aliphatic hydroxyl groups is 3. The quantitative estimate of drug-likeness (QED) is 0.343. The van der Waals surface area contributed by atoms with Crippen LogP contribution in [-0.4, -0.2) is 70.5 Å². The molecule has 8 nitrogen and oxygen atoms in total. The van der Waals surface area contributed by atoms with E-state index in [1.165, 1.54) is 0 Å². The first-order chi connectivity index (χ1) is 19.8. The molecule has 7 N–H and O–H groups in total. The number of hydrogen-bond acceptors (Lipinski definition) is 8. The van der Waals surface area contributed by atoms with Crippen molar-refractivity contribution in [2.75, 3.05) is 32.1 Å². The van der Waals surface area contributed by atoms with E-state index in [1.54, 1.807) is 6.92 Å². The molecule has 0 amide bonds. The van der Waals surface area contributed by atoms with Gasteiger partial charge in [-0.25, -0.2) is 0 Å². The standard InChI is InChI=1S/C32H39F3N4O4/c1-15-21(18(4)39-9-7-19(8-10-39)32(33,34)35)12-23(38(5)6)22-14-30(37)13-20-11-24(40)26(17(3)36)16(2)31(20,43)29(42)27(30)28(41)25(15)22/h12,19-20,40-41,43H,2-4,7-11,13-14,36-37H2,1,5-6H3/t20-,30+,31+/m1/s1. The summed E-state index contributed by atoms with van der Waals surface area (Å²) in [4.78, 5) is 17.9. The third-order valence-electron chi connectivity index (χ3n) is 9.85. The first kappa shape index (κ1) is 30.7. The van der Waals surface area contributed by atoms with E-state index >= 15 is 0 Å². The lowest BCUT2D eigenvalue weighted by atomic mass is 9.55. The van der Waals surface area contributed by atoms with Crippen LogP contribution in [0.5, 0.6) is 0 Å². The van der Waals surface area contributed by atoms with Gasteiger partial charge in [-0.3, -0.25) is 4.79 Å². The fourth-order valence-corrected chi connectivity index (χ4v) is 7.59. The molecule has 1 saturated heterocycles. The number of aliphatic hydroxyl groups excluding tert-OH is 2. The summed E-state index contributed by atoms with van der Waals surface area (Å²) in [7, 11) is 3.65. The molecular formula is C32H39F3N4O4. The van der Waals surface area contributed by atoms with Crippen LogP contribution in [0, 0.1) is 18.8 Å². The number of likely N-dealkylation sites (tertiary alicyclic amines) is 1. The summed E-state index contributed by atoms with van der Waals surface area (Å²) in [6.07, 6.45) is -4.18. The zero-order valence-corrected chi connectivity index (χ0v) is 24.7. The fraction of sp³-hybridized carbons (Fsp3) is 0.469. The van der Waals surface area contributed by atoms with Gasteiger partial charge in [0.1, 0.15) is 11.5 Å². The topological polar surface area (TPSA) is 136 Å². The van der Waals surface area contributed by atoms with Crippen LogP contribution in [0.4, 0.5) is 18.9 Å². The van der Waals surface area contributed by atoms with E-state index < -0.39 is 34.9 Å². The molecule has 4 aliphatic rings. The highest BCUT2D eigenvalue weighted by Gasteiger charge is 2.62. The van der Waals surface area contributed by atoms with Gasteiger partial charge in [-0.2, -0.15) is 13.2 Å². The Labute approximate surface area is 249 Å². The van der Waals surface area contributed by atoms with E-state index in [2.05, 4.69) is 19.7 Å². The van der Waals surface area contributed by atoms with E-state index in [-0.39, 0.29) is 79.1 Å². The number of hydrogen-bond donors (Lipinski definition) is 5. The lowest BCUT2D eigenvalue weighted by molar-refractivity contribution is -0.183. The lowest BCUT2D eigenvalue weighted by Gasteiger charge is -2.52. The number of benzene rings is 1. The third kappa shape index (κ3) is 4.47. The molecule has 1 saturated carbocycles. The number of fused-ring (bicyclic) bond motifs is 3. The molecule has 0 unspecified atom stereocenters. The van der Waals surface area contributed by atoms with E-state index in [4.69, 9.17) is 11.5 Å². The maximum atomic E-state index is 14.2. The average Bonchev–Trinajstić information content (AvgIpc) is 2.89. The number of ketones is 1. The summed E-state index contributed by atoms with van der Waals surface area (Å²) in [5, 5.41) is 34.5. The minimum atomic E-state index is -4.24. The second-order valence-corrected chi connectivity index (χ2v) is 12.6. The average molecular weight is 601 g/mol. The Kier molecular flexibility index (Phi) is 7.09. The fourth-order valence-electron chi connectivity index (χ4n) is 7.59. The van der Waals surface area contributed by atoms with Crippen LogP contribution in [0.1, 0.15) is 47.9 Å². The largest absolute Gasteiger partial charge is 0.512 e. The van der Waals surface area contributed by atoms with Crippen LogP contribution >= 0.6 is 0 Å². The van der Waals surface area contributed by atoms with Crippen LogP contribution in [0.25, 0.3) is 11.5 Å². The molecule has 5 rings (SSSR count). The Hall–Kier alpha value is -3.70. The molecule has 1 aromatic carbocycles. The van der Waals surface area contributed by atoms with Crippen molar-refractivity contribution in [1.82, 2.24) is 4.90 Å². The van der Waals surface area contributed by atoms with Gasteiger partial charge in [-0.05, 0) is 55.4 Å². The zero-order valence-electron chi connectivity index (χ0n) is 24.7. The third-order valence-corrected chi connectivity index (χ3v) is 9.85. The first-order valence-electron chi connectivity index (χ1n) is 14.3. The number of rotatable bonds is 4. The molecule has 3 atom stereocenters. The van der Waals surface area contributed by atoms with E-state index in [9.17, 15) is 33.3 Å². The molecule has 0 bridgehead atoms. The van der Waals surface area contributed by atoms with Gasteiger partial charge in [0.2, 0.25) is 5.78 Å². The second kappa shape index (κ2) is 9.92. The molecule has 3 aliphatic carbocycles. The summed E-state index contributed by atoms with van der Waals surface area (Å²) in [5.41, 5.74) is 12.5. The Morgan fingerprint density at radius 3 is 2.33 bits per heavy atom. The molecule has 1 aromatic rings. The van der Waals surface area contributed by atoms with Gasteiger partial charge >= 0.3 is 6.18 Å². The summed E-state index contributed by atoms with van der Waals surface area (Å²) < 4.78 is 39.9. The molecule has 0 spiro atoms. The molecule has 2 fully saturated rings. The van der Waals surface area contributed by atoms with E-state index in [0.29, 0.717) is 33.6 Å². The molecular weight excluding hydrogens is 561 g/mol. The van der Waals surface area contributed by atoms with Gasteiger partial charge in [-0.1, -0.05) is 19.7 Å². The van der Waals surface area contributed by atoms with Crippen LogP contribution in [-0.2, 0) is 11.2 Å². The molecule has 0 aromatic heterocycles. The highest BCUT2D eigenvalue weighted by molar-refractivity contribution is 6.13. The molecule has 11 heteroatoms. The number of allylic oxidation sites excluding steroid dienone is 2. The Morgan fingerprint density at radius 2 is 1.79 bits per heavy atom.